The Morgan fingerprint density at radius 3 is 2.50 bits per heavy atom. The molecule has 1 saturated carbocycles. The second-order valence-electron chi connectivity index (χ2n) is 3.23. The molecule has 2 atom stereocenters. The highest BCUT2D eigenvalue weighted by Gasteiger charge is 2.30. The Morgan fingerprint density at radius 2 is 2.10 bits per heavy atom. The van der Waals surface area contributed by atoms with Crippen LogP contribution < -0.4 is 5.32 Å². The zero-order valence-corrected chi connectivity index (χ0v) is 6.55. The molecule has 0 spiro atoms. The predicted octanol–water partition coefficient (Wildman–Crippen LogP) is 1.08. The Balaban J connectivity index is 2.23. The van der Waals surface area contributed by atoms with Crippen molar-refractivity contribution in [1.82, 2.24) is 5.32 Å². The second kappa shape index (κ2) is 3.04. The number of hydrogen-bond donors (Lipinski definition) is 1. The fourth-order valence-electron chi connectivity index (χ4n) is 1.25. The van der Waals surface area contributed by atoms with Crippen molar-refractivity contribution >= 4 is 6.41 Å². The first-order valence-electron chi connectivity index (χ1n) is 3.88. The van der Waals surface area contributed by atoms with E-state index in [1.54, 1.807) is 6.41 Å². The maximum absolute atomic E-state index is 9.93. The smallest absolute Gasteiger partial charge is 0.309 e. The van der Waals surface area contributed by atoms with Crippen molar-refractivity contribution < 1.29 is 4.79 Å². The minimum atomic E-state index is 0.296. The van der Waals surface area contributed by atoms with Gasteiger partial charge in [-0.25, -0.2) is 0 Å². The summed E-state index contributed by atoms with van der Waals surface area (Å²) in [5.41, 5.74) is 0. The van der Waals surface area contributed by atoms with Gasteiger partial charge in [-0.05, 0) is 31.6 Å². The molecule has 2 heteroatoms. The normalized spacial score (nSPS) is 23.4. The van der Waals surface area contributed by atoms with Crippen molar-refractivity contribution in [3.63, 3.8) is 0 Å². The average Bonchev–Trinajstić information content (AvgIpc) is 2.68. The van der Waals surface area contributed by atoms with Gasteiger partial charge in [-0.15, -0.1) is 0 Å². The van der Waals surface area contributed by atoms with Gasteiger partial charge in [0, 0.05) is 6.04 Å². The zero-order chi connectivity index (χ0) is 7.56. The van der Waals surface area contributed by atoms with E-state index in [1.807, 2.05) is 6.92 Å². The van der Waals surface area contributed by atoms with Gasteiger partial charge >= 0.3 is 6.41 Å². The van der Waals surface area contributed by atoms with Gasteiger partial charge in [0.2, 0.25) is 0 Å². The number of hydrogen-bond acceptors (Lipinski definition) is 1. The summed E-state index contributed by atoms with van der Waals surface area (Å²) in [6, 6.07) is 0.296. The van der Waals surface area contributed by atoms with Gasteiger partial charge in [-0.2, -0.15) is 0 Å². The van der Waals surface area contributed by atoms with Crippen LogP contribution in [-0.4, -0.2) is 12.5 Å². The highest BCUT2D eigenvalue weighted by molar-refractivity contribution is 5.47. The maximum atomic E-state index is 9.93. The Hall–Kier alpha value is -0.530. The number of rotatable bonds is 4. The topological polar surface area (TPSA) is 29.1 Å². The molecule has 10 heavy (non-hydrogen) atoms. The van der Waals surface area contributed by atoms with Crippen LogP contribution in [-0.2, 0) is 4.79 Å². The molecule has 2 unspecified atom stereocenters. The molecular formula is C8H14NO. The molecule has 0 aromatic rings. The van der Waals surface area contributed by atoms with Crippen molar-refractivity contribution in [3.05, 3.63) is 0 Å². The minimum absolute atomic E-state index is 0.296. The molecule has 0 aromatic heterocycles. The lowest BCUT2D eigenvalue weighted by molar-refractivity contribution is 0.392. The van der Waals surface area contributed by atoms with Gasteiger partial charge < -0.3 is 5.32 Å². The second-order valence-corrected chi connectivity index (χ2v) is 3.23. The molecule has 1 aliphatic rings. The monoisotopic (exact) mass is 140 g/mol. The lowest BCUT2D eigenvalue weighted by Crippen LogP contribution is -2.31. The van der Waals surface area contributed by atoms with Gasteiger partial charge in [0.05, 0.1) is 0 Å². The lowest BCUT2D eigenvalue weighted by Gasteiger charge is -2.17. The third-order valence-electron chi connectivity index (χ3n) is 2.44. The molecular weight excluding hydrogens is 126 g/mol. The number of amides is 1. The molecule has 0 aliphatic heterocycles. The summed E-state index contributed by atoms with van der Waals surface area (Å²) in [6.07, 6.45) is 4.41. The van der Waals surface area contributed by atoms with Gasteiger partial charge in [0.1, 0.15) is 0 Å². The molecule has 1 rings (SSSR count). The van der Waals surface area contributed by atoms with Crippen LogP contribution in [0.5, 0.6) is 0 Å². The standard InChI is InChI=1S/C8H14NO/c1-6(8-3-4-8)7(2)9-5-10/h6-8H,3-4H2,1-2H3,(H,9,10). The van der Waals surface area contributed by atoms with E-state index in [2.05, 4.69) is 12.2 Å². The van der Waals surface area contributed by atoms with Crippen molar-refractivity contribution in [2.45, 2.75) is 32.7 Å². The molecule has 0 bridgehead atoms. The van der Waals surface area contributed by atoms with Gasteiger partial charge in [0.15, 0.2) is 0 Å². The number of nitrogens with one attached hydrogen (secondary N) is 1. The highest BCUT2D eigenvalue weighted by Crippen LogP contribution is 2.37. The zero-order valence-electron chi connectivity index (χ0n) is 6.55. The fraction of sp³-hybridized carbons (Fsp3) is 0.875. The molecule has 57 valence electrons. The Kier molecular flexibility index (Phi) is 2.30. The van der Waals surface area contributed by atoms with Crippen LogP contribution in [0, 0.1) is 11.8 Å². The van der Waals surface area contributed by atoms with Crippen LogP contribution in [0.25, 0.3) is 0 Å². The molecule has 1 radical (unpaired) electrons. The molecule has 0 aromatic carbocycles. The molecule has 1 aliphatic carbocycles. The molecule has 1 fully saturated rings. The first kappa shape index (κ1) is 7.58. The summed E-state index contributed by atoms with van der Waals surface area (Å²) in [5, 5.41) is 2.66. The van der Waals surface area contributed by atoms with E-state index >= 15 is 0 Å². The molecule has 0 saturated heterocycles. The lowest BCUT2D eigenvalue weighted by atomic mass is 9.99. The quantitative estimate of drug-likeness (QED) is 0.582. The van der Waals surface area contributed by atoms with E-state index in [9.17, 15) is 4.79 Å². The molecule has 1 N–H and O–H groups in total. The summed E-state index contributed by atoms with van der Waals surface area (Å²) in [5.74, 6) is 1.48. The van der Waals surface area contributed by atoms with E-state index in [-0.39, 0.29) is 0 Å². The van der Waals surface area contributed by atoms with E-state index in [0.29, 0.717) is 12.0 Å². The van der Waals surface area contributed by atoms with Gasteiger partial charge in [-0.1, -0.05) is 6.92 Å². The predicted molar refractivity (Wildman–Crippen MR) is 40.2 cm³/mol. The molecule has 0 heterocycles. The summed E-state index contributed by atoms with van der Waals surface area (Å²) < 4.78 is 0. The number of carbonyl (C=O) groups excluding carboxylic acids is 1. The molecule has 2 nitrogen and oxygen atoms in total. The van der Waals surface area contributed by atoms with E-state index in [4.69, 9.17) is 0 Å². The van der Waals surface area contributed by atoms with Crippen LogP contribution in [0.4, 0.5) is 0 Å². The Bertz CT molecular complexity index is 120. The van der Waals surface area contributed by atoms with E-state index in [1.165, 1.54) is 12.8 Å². The van der Waals surface area contributed by atoms with Crippen molar-refractivity contribution in [1.29, 1.82) is 0 Å². The fourth-order valence-corrected chi connectivity index (χ4v) is 1.25. The molecule has 1 amide bonds. The van der Waals surface area contributed by atoms with Gasteiger partial charge in [0.25, 0.3) is 0 Å². The largest absolute Gasteiger partial charge is 0.345 e. The first-order valence-corrected chi connectivity index (χ1v) is 3.88. The summed E-state index contributed by atoms with van der Waals surface area (Å²) in [7, 11) is 0. The summed E-state index contributed by atoms with van der Waals surface area (Å²) in [4.78, 5) is 9.93. The summed E-state index contributed by atoms with van der Waals surface area (Å²) >= 11 is 0. The third-order valence-corrected chi connectivity index (χ3v) is 2.44. The van der Waals surface area contributed by atoms with E-state index in [0.717, 1.165) is 5.92 Å². The maximum Gasteiger partial charge on any atom is 0.309 e. The van der Waals surface area contributed by atoms with Crippen LogP contribution >= 0.6 is 0 Å². The SMILES string of the molecule is CC(N[C]=O)C(C)C1CC1. The van der Waals surface area contributed by atoms with Crippen LogP contribution in [0.3, 0.4) is 0 Å². The highest BCUT2D eigenvalue weighted by atomic mass is 16.1. The van der Waals surface area contributed by atoms with Gasteiger partial charge in [-0.3, -0.25) is 4.79 Å². The van der Waals surface area contributed by atoms with Crippen LogP contribution in [0.2, 0.25) is 0 Å². The van der Waals surface area contributed by atoms with Crippen LogP contribution in [0.1, 0.15) is 26.7 Å². The van der Waals surface area contributed by atoms with Crippen LogP contribution in [0.15, 0.2) is 0 Å². The van der Waals surface area contributed by atoms with Crippen molar-refractivity contribution in [2.75, 3.05) is 0 Å². The Morgan fingerprint density at radius 1 is 1.50 bits per heavy atom. The third kappa shape index (κ3) is 1.72. The average molecular weight is 140 g/mol. The summed E-state index contributed by atoms with van der Waals surface area (Å²) in [6.45, 7) is 4.22. The Labute approximate surface area is 62.0 Å². The van der Waals surface area contributed by atoms with Crippen molar-refractivity contribution in [2.24, 2.45) is 11.8 Å². The van der Waals surface area contributed by atoms with E-state index < -0.39 is 0 Å². The minimum Gasteiger partial charge on any atom is -0.345 e. The first-order chi connectivity index (χ1) is 4.75. The van der Waals surface area contributed by atoms with Crippen molar-refractivity contribution in [3.8, 4) is 0 Å².